The van der Waals surface area contributed by atoms with Crippen molar-refractivity contribution < 1.29 is 9.47 Å². The van der Waals surface area contributed by atoms with Gasteiger partial charge in [-0.25, -0.2) is 15.8 Å². The number of hydrogen-bond acceptors (Lipinski definition) is 6. The van der Waals surface area contributed by atoms with E-state index in [1.807, 2.05) is 0 Å². The highest BCUT2D eigenvalue weighted by atomic mass is 16.5. The molecule has 3 N–H and O–H groups in total. The van der Waals surface area contributed by atoms with E-state index in [1.54, 1.807) is 7.11 Å². The Hall–Kier alpha value is -1.40. The summed E-state index contributed by atoms with van der Waals surface area (Å²) >= 11 is 0. The fourth-order valence-corrected chi connectivity index (χ4v) is 1.49. The van der Waals surface area contributed by atoms with Crippen molar-refractivity contribution in [2.45, 2.75) is 26.2 Å². The quantitative estimate of drug-likeness (QED) is 0.402. The SMILES string of the molecule is CCCc1c(NN)ncnc1OCCCOC. The maximum absolute atomic E-state index is 5.61. The molecule has 0 aliphatic carbocycles. The fraction of sp³-hybridized carbons (Fsp3) is 0.636. The molecular formula is C11H20N4O2. The van der Waals surface area contributed by atoms with E-state index >= 15 is 0 Å². The summed E-state index contributed by atoms with van der Waals surface area (Å²) in [6, 6.07) is 0. The summed E-state index contributed by atoms with van der Waals surface area (Å²) in [5.74, 6) is 6.64. The van der Waals surface area contributed by atoms with Gasteiger partial charge < -0.3 is 14.9 Å². The molecule has 0 bridgehead atoms. The first-order chi connectivity index (χ1) is 8.33. The first-order valence-electron chi connectivity index (χ1n) is 5.75. The summed E-state index contributed by atoms with van der Waals surface area (Å²) < 4.78 is 10.6. The smallest absolute Gasteiger partial charge is 0.221 e. The van der Waals surface area contributed by atoms with E-state index in [0.29, 0.717) is 24.9 Å². The zero-order valence-electron chi connectivity index (χ0n) is 10.4. The molecule has 96 valence electrons. The third-order valence-corrected chi connectivity index (χ3v) is 2.27. The van der Waals surface area contributed by atoms with Gasteiger partial charge in [-0.1, -0.05) is 13.3 Å². The molecule has 0 aromatic carbocycles. The van der Waals surface area contributed by atoms with Crippen LogP contribution in [0.3, 0.4) is 0 Å². The first-order valence-corrected chi connectivity index (χ1v) is 5.75. The van der Waals surface area contributed by atoms with E-state index in [0.717, 1.165) is 24.8 Å². The molecule has 0 saturated heterocycles. The highest BCUT2D eigenvalue weighted by molar-refractivity contribution is 5.47. The summed E-state index contributed by atoms with van der Waals surface area (Å²) in [6.07, 6.45) is 4.09. The Morgan fingerprint density at radius 3 is 2.82 bits per heavy atom. The third kappa shape index (κ3) is 4.16. The number of aromatic nitrogens is 2. The summed E-state index contributed by atoms with van der Waals surface area (Å²) in [7, 11) is 1.67. The molecule has 0 aliphatic heterocycles. The molecule has 1 heterocycles. The summed E-state index contributed by atoms with van der Waals surface area (Å²) in [5, 5.41) is 0. The van der Waals surface area contributed by atoms with Gasteiger partial charge in [0.2, 0.25) is 5.88 Å². The normalized spacial score (nSPS) is 10.3. The largest absolute Gasteiger partial charge is 0.477 e. The Morgan fingerprint density at radius 1 is 1.35 bits per heavy atom. The minimum atomic E-state index is 0.575. The molecule has 0 radical (unpaired) electrons. The van der Waals surface area contributed by atoms with Gasteiger partial charge in [-0.3, -0.25) is 0 Å². The van der Waals surface area contributed by atoms with Gasteiger partial charge in [0.1, 0.15) is 12.1 Å². The molecule has 1 aromatic rings. The summed E-state index contributed by atoms with van der Waals surface area (Å²) in [6.45, 7) is 3.34. The van der Waals surface area contributed by atoms with Crippen LogP contribution in [0.4, 0.5) is 5.82 Å². The van der Waals surface area contributed by atoms with Crippen LogP contribution in [0.15, 0.2) is 6.33 Å². The number of hydrogen-bond donors (Lipinski definition) is 2. The molecule has 1 aromatic heterocycles. The van der Waals surface area contributed by atoms with E-state index < -0.39 is 0 Å². The average Bonchev–Trinajstić information content (AvgIpc) is 2.36. The molecule has 0 atom stereocenters. The molecule has 0 aliphatic rings. The third-order valence-electron chi connectivity index (χ3n) is 2.27. The molecule has 0 amide bonds. The van der Waals surface area contributed by atoms with E-state index in [2.05, 4.69) is 22.3 Å². The molecule has 0 fully saturated rings. The van der Waals surface area contributed by atoms with E-state index in [-0.39, 0.29) is 0 Å². The second kappa shape index (κ2) is 7.81. The highest BCUT2D eigenvalue weighted by Crippen LogP contribution is 2.22. The number of rotatable bonds is 8. The number of nitrogens with two attached hydrogens (primary N) is 1. The van der Waals surface area contributed by atoms with Crippen LogP contribution in [0.5, 0.6) is 5.88 Å². The van der Waals surface area contributed by atoms with Crippen LogP contribution in [0.25, 0.3) is 0 Å². The van der Waals surface area contributed by atoms with Crippen LogP contribution >= 0.6 is 0 Å². The van der Waals surface area contributed by atoms with Gasteiger partial charge >= 0.3 is 0 Å². The van der Waals surface area contributed by atoms with Crippen molar-refractivity contribution in [1.29, 1.82) is 0 Å². The number of nitrogen functional groups attached to an aromatic ring is 1. The Kier molecular flexibility index (Phi) is 6.27. The lowest BCUT2D eigenvalue weighted by Crippen LogP contribution is -2.13. The molecule has 0 spiro atoms. The monoisotopic (exact) mass is 240 g/mol. The van der Waals surface area contributed by atoms with Gasteiger partial charge in [0, 0.05) is 20.1 Å². The maximum atomic E-state index is 5.61. The highest BCUT2D eigenvalue weighted by Gasteiger charge is 2.10. The van der Waals surface area contributed by atoms with Crippen molar-refractivity contribution in [3.63, 3.8) is 0 Å². The number of nitrogens with one attached hydrogen (secondary N) is 1. The Labute approximate surface area is 102 Å². The van der Waals surface area contributed by atoms with E-state index in [4.69, 9.17) is 15.3 Å². The number of anilines is 1. The predicted octanol–water partition coefficient (Wildman–Crippen LogP) is 1.13. The van der Waals surface area contributed by atoms with Crippen molar-refractivity contribution >= 4 is 5.82 Å². The second-order valence-corrected chi connectivity index (χ2v) is 3.60. The molecule has 6 nitrogen and oxygen atoms in total. The van der Waals surface area contributed by atoms with Crippen LogP contribution in [0.2, 0.25) is 0 Å². The minimum absolute atomic E-state index is 0.575. The van der Waals surface area contributed by atoms with Crippen LogP contribution in [-0.2, 0) is 11.2 Å². The topological polar surface area (TPSA) is 82.3 Å². The molecule has 0 unspecified atom stereocenters. The predicted molar refractivity (Wildman–Crippen MR) is 65.8 cm³/mol. The van der Waals surface area contributed by atoms with Gasteiger partial charge in [-0.15, -0.1) is 0 Å². The van der Waals surface area contributed by atoms with E-state index in [1.165, 1.54) is 6.33 Å². The van der Waals surface area contributed by atoms with Gasteiger partial charge in [0.15, 0.2) is 0 Å². The van der Waals surface area contributed by atoms with Crippen molar-refractivity contribution in [2.75, 3.05) is 25.7 Å². The number of methoxy groups -OCH3 is 1. The standard InChI is InChI=1S/C11H20N4O2/c1-3-5-9-10(15-12)13-8-14-11(9)17-7-4-6-16-2/h8H,3-7,12H2,1-2H3,(H,13,14,15). The van der Waals surface area contributed by atoms with Crippen LogP contribution < -0.4 is 16.0 Å². The zero-order valence-corrected chi connectivity index (χ0v) is 10.4. The fourth-order valence-electron chi connectivity index (χ4n) is 1.49. The summed E-state index contributed by atoms with van der Waals surface area (Å²) in [4.78, 5) is 8.20. The first kappa shape index (κ1) is 13.7. The van der Waals surface area contributed by atoms with Crippen LogP contribution in [0, 0.1) is 0 Å². The van der Waals surface area contributed by atoms with Gasteiger partial charge in [0.25, 0.3) is 0 Å². The van der Waals surface area contributed by atoms with Crippen LogP contribution in [-0.4, -0.2) is 30.3 Å². The minimum Gasteiger partial charge on any atom is -0.477 e. The van der Waals surface area contributed by atoms with Crippen molar-refractivity contribution in [2.24, 2.45) is 5.84 Å². The summed E-state index contributed by atoms with van der Waals surface area (Å²) in [5.41, 5.74) is 3.49. The zero-order chi connectivity index (χ0) is 12.5. The maximum Gasteiger partial charge on any atom is 0.221 e. The van der Waals surface area contributed by atoms with Gasteiger partial charge in [0.05, 0.1) is 12.2 Å². The lowest BCUT2D eigenvalue weighted by molar-refractivity contribution is 0.170. The van der Waals surface area contributed by atoms with Gasteiger partial charge in [-0.2, -0.15) is 0 Å². The number of hydrazine groups is 1. The molecular weight excluding hydrogens is 220 g/mol. The van der Waals surface area contributed by atoms with Crippen molar-refractivity contribution in [3.8, 4) is 5.88 Å². The number of nitrogens with zero attached hydrogens (tertiary/aromatic N) is 2. The van der Waals surface area contributed by atoms with Crippen molar-refractivity contribution in [3.05, 3.63) is 11.9 Å². The Bertz CT molecular complexity index is 333. The molecule has 17 heavy (non-hydrogen) atoms. The van der Waals surface area contributed by atoms with Crippen LogP contribution in [0.1, 0.15) is 25.3 Å². The lowest BCUT2D eigenvalue weighted by Gasteiger charge is -2.12. The number of ether oxygens (including phenoxy) is 2. The average molecular weight is 240 g/mol. The van der Waals surface area contributed by atoms with Gasteiger partial charge in [-0.05, 0) is 6.42 Å². The second-order valence-electron chi connectivity index (χ2n) is 3.60. The Balaban J connectivity index is 2.68. The molecule has 0 saturated carbocycles. The van der Waals surface area contributed by atoms with Crippen molar-refractivity contribution in [1.82, 2.24) is 9.97 Å². The molecule has 6 heteroatoms. The molecule has 1 rings (SSSR count). The Morgan fingerprint density at radius 2 is 2.18 bits per heavy atom. The lowest BCUT2D eigenvalue weighted by atomic mass is 10.2. The van der Waals surface area contributed by atoms with E-state index in [9.17, 15) is 0 Å².